The third-order valence-electron chi connectivity index (χ3n) is 2.32. The minimum absolute atomic E-state index is 0.0554. The van der Waals surface area contributed by atoms with Gasteiger partial charge >= 0.3 is 0 Å². The molecule has 0 aromatic heterocycles. The van der Waals surface area contributed by atoms with E-state index in [1.54, 1.807) is 12.1 Å². The van der Waals surface area contributed by atoms with Crippen molar-refractivity contribution in [3.05, 3.63) is 42.2 Å². The third-order valence-corrected chi connectivity index (χ3v) is 2.32. The zero-order valence-electron chi connectivity index (χ0n) is 9.00. The summed E-state index contributed by atoms with van der Waals surface area (Å²) in [5.41, 5.74) is 0.543. The summed E-state index contributed by atoms with van der Waals surface area (Å²) >= 11 is 0. The molecule has 1 aromatic carbocycles. The summed E-state index contributed by atoms with van der Waals surface area (Å²) in [6.45, 7) is 7.46. The maximum Gasteiger partial charge on any atom is 0.131 e. The van der Waals surface area contributed by atoms with Crippen molar-refractivity contribution in [2.24, 2.45) is 0 Å². The van der Waals surface area contributed by atoms with Gasteiger partial charge in [-0.3, -0.25) is 0 Å². The van der Waals surface area contributed by atoms with E-state index in [9.17, 15) is 4.39 Å². The van der Waals surface area contributed by atoms with Crippen LogP contribution in [0.15, 0.2) is 30.9 Å². The number of hydrogen-bond donors (Lipinski definition) is 2. The van der Waals surface area contributed by atoms with Crippen molar-refractivity contribution in [1.82, 2.24) is 5.32 Å². The predicted octanol–water partition coefficient (Wildman–Crippen LogP) is 2.76. The Hall–Kier alpha value is -1.35. The van der Waals surface area contributed by atoms with Gasteiger partial charge in [0.2, 0.25) is 0 Å². The first-order chi connectivity index (χ1) is 7.04. The summed E-state index contributed by atoms with van der Waals surface area (Å²) in [6.07, 6.45) is 1.76. The Bertz CT molecular complexity index is 351. The highest BCUT2D eigenvalue weighted by Gasteiger charge is 2.12. The number of nitrogens with one attached hydrogen (secondary N) is 1. The molecule has 15 heavy (non-hydrogen) atoms. The number of halogens is 1. The van der Waals surface area contributed by atoms with Crippen molar-refractivity contribution >= 4 is 0 Å². The Morgan fingerprint density at radius 2 is 2.13 bits per heavy atom. The molecule has 0 saturated carbocycles. The molecule has 0 bridgehead atoms. The van der Waals surface area contributed by atoms with Crippen molar-refractivity contribution < 1.29 is 9.50 Å². The van der Waals surface area contributed by atoms with Crippen LogP contribution in [0.2, 0.25) is 0 Å². The summed E-state index contributed by atoms with van der Waals surface area (Å²) < 4.78 is 13.4. The van der Waals surface area contributed by atoms with Crippen LogP contribution in [0.5, 0.6) is 5.75 Å². The molecule has 1 rings (SSSR count). The molecular formula is C12H16FNO. The Morgan fingerprint density at radius 1 is 1.47 bits per heavy atom. The molecule has 0 aliphatic heterocycles. The van der Waals surface area contributed by atoms with Crippen LogP contribution in [-0.2, 0) is 0 Å². The molecule has 0 spiro atoms. The fourth-order valence-corrected chi connectivity index (χ4v) is 1.42. The second-order valence-electron chi connectivity index (χ2n) is 3.62. The molecule has 2 atom stereocenters. The molecule has 0 aliphatic carbocycles. The second-order valence-corrected chi connectivity index (χ2v) is 3.62. The first kappa shape index (κ1) is 11.7. The van der Waals surface area contributed by atoms with E-state index in [1.807, 2.05) is 13.8 Å². The van der Waals surface area contributed by atoms with Gasteiger partial charge in [0.25, 0.3) is 0 Å². The van der Waals surface area contributed by atoms with Crippen LogP contribution in [0.3, 0.4) is 0 Å². The summed E-state index contributed by atoms with van der Waals surface area (Å²) in [7, 11) is 0. The van der Waals surface area contributed by atoms with Gasteiger partial charge in [-0.2, -0.15) is 0 Å². The molecule has 1 aromatic rings. The predicted molar refractivity (Wildman–Crippen MR) is 59.3 cm³/mol. The highest BCUT2D eigenvalue weighted by Crippen LogP contribution is 2.21. The SMILES string of the molecule is C=CC(C)NC(C)c1ccc(O)cc1F. The van der Waals surface area contributed by atoms with Crippen molar-refractivity contribution in [2.75, 3.05) is 0 Å². The first-order valence-electron chi connectivity index (χ1n) is 4.91. The van der Waals surface area contributed by atoms with Gasteiger partial charge in [0.15, 0.2) is 0 Å². The van der Waals surface area contributed by atoms with Gasteiger partial charge in [0, 0.05) is 23.7 Å². The summed E-state index contributed by atoms with van der Waals surface area (Å²) in [6, 6.07) is 4.19. The Kier molecular flexibility index (Phi) is 3.86. The van der Waals surface area contributed by atoms with Crippen LogP contribution in [0.25, 0.3) is 0 Å². The first-order valence-corrected chi connectivity index (χ1v) is 4.91. The molecule has 2 N–H and O–H groups in total. The smallest absolute Gasteiger partial charge is 0.131 e. The number of rotatable bonds is 4. The van der Waals surface area contributed by atoms with Gasteiger partial charge < -0.3 is 10.4 Å². The molecule has 0 radical (unpaired) electrons. The van der Waals surface area contributed by atoms with Gasteiger partial charge in [0.05, 0.1) is 0 Å². The van der Waals surface area contributed by atoms with Gasteiger partial charge in [-0.05, 0) is 19.9 Å². The van der Waals surface area contributed by atoms with Crippen molar-refractivity contribution in [2.45, 2.75) is 25.9 Å². The van der Waals surface area contributed by atoms with Crippen LogP contribution in [-0.4, -0.2) is 11.1 Å². The van der Waals surface area contributed by atoms with Crippen molar-refractivity contribution in [1.29, 1.82) is 0 Å². The average molecular weight is 209 g/mol. The molecule has 2 unspecified atom stereocenters. The second kappa shape index (κ2) is 4.94. The maximum atomic E-state index is 13.4. The minimum atomic E-state index is -0.397. The molecular weight excluding hydrogens is 193 g/mol. The zero-order valence-corrected chi connectivity index (χ0v) is 9.00. The van der Waals surface area contributed by atoms with Crippen molar-refractivity contribution in [3.8, 4) is 5.75 Å². The number of benzene rings is 1. The lowest BCUT2D eigenvalue weighted by Crippen LogP contribution is -2.27. The largest absolute Gasteiger partial charge is 0.508 e. The highest BCUT2D eigenvalue weighted by molar-refractivity contribution is 5.29. The van der Waals surface area contributed by atoms with Crippen molar-refractivity contribution in [3.63, 3.8) is 0 Å². The van der Waals surface area contributed by atoms with E-state index in [1.165, 1.54) is 6.07 Å². The van der Waals surface area contributed by atoms with Crippen LogP contribution in [0.1, 0.15) is 25.5 Å². The lowest BCUT2D eigenvalue weighted by molar-refractivity contribution is 0.461. The molecule has 0 heterocycles. The molecule has 0 saturated heterocycles. The third kappa shape index (κ3) is 3.06. The van der Waals surface area contributed by atoms with E-state index < -0.39 is 5.82 Å². The van der Waals surface area contributed by atoms with E-state index in [0.717, 1.165) is 6.07 Å². The van der Waals surface area contributed by atoms with Crippen LogP contribution >= 0.6 is 0 Å². The van der Waals surface area contributed by atoms with Gasteiger partial charge in [-0.1, -0.05) is 12.1 Å². The van der Waals surface area contributed by atoms with E-state index in [0.29, 0.717) is 5.56 Å². The van der Waals surface area contributed by atoms with E-state index in [2.05, 4.69) is 11.9 Å². The number of hydrogen-bond acceptors (Lipinski definition) is 2. The van der Waals surface area contributed by atoms with E-state index >= 15 is 0 Å². The molecule has 0 fully saturated rings. The quantitative estimate of drug-likeness (QED) is 0.747. The van der Waals surface area contributed by atoms with Crippen LogP contribution in [0, 0.1) is 5.82 Å². The lowest BCUT2D eigenvalue weighted by atomic mass is 10.1. The standard InChI is InChI=1S/C12H16FNO/c1-4-8(2)14-9(3)11-6-5-10(15)7-12(11)13/h4-9,14-15H,1H2,2-3H3. The molecule has 3 heteroatoms. The number of aromatic hydroxyl groups is 1. The van der Waals surface area contributed by atoms with Crippen LogP contribution in [0.4, 0.5) is 4.39 Å². The van der Waals surface area contributed by atoms with Gasteiger partial charge in [0.1, 0.15) is 11.6 Å². The Balaban J connectivity index is 2.81. The summed E-state index contributed by atoms with van der Waals surface area (Å²) in [5.74, 6) is -0.452. The molecule has 0 aliphatic rings. The molecule has 0 amide bonds. The highest BCUT2D eigenvalue weighted by atomic mass is 19.1. The fraction of sp³-hybridized carbons (Fsp3) is 0.333. The summed E-state index contributed by atoms with van der Waals surface area (Å²) in [4.78, 5) is 0. The Labute approximate surface area is 89.4 Å². The fourth-order valence-electron chi connectivity index (χ4n) is 1.42. The topological polar surface area (TPSA) is 32.3 Å². The van der Waals surface area contributed by atoms with Gasteiger partial charge in [-0.25, -0.2) is 4.39 Å². The minimum Gasteiger partial charge on any atom is -0.508 e. The van der Waals surface area contributed by atoms with E-state index in [4.69, 9.17) is 5.11 Å². The molecule has 2 nitrogen and oxygen atoms in total. The lowest BCUT2D eigenvalue weighted by Gasteiger charge is -2.18. The monoisotopic (exact) mass is 209 g/mol. The van der Waals surface area contributed by atoms with Gasteiger partial charge in [-0.15, -0.1) is 6.58 Å². The average Bonchev–Trinajstić information content (AvgIpc) is 2.17. The number of phenols is 1. The summed E-state index contributed by atoms with van der Waals surface area (Å²) in [5, 5.41) is 12.2. The zero-order chi connectivity index (χ0) is 11.4. The maximum absolute atomic E-state index is 13.4. The number of phenolic OH excluding ortho intramolecular Hbond substituents is 1. The van der Waals surface area contributed by atoms with E-state index in [-0.39, 0.29) is 17.8 Å². The molecule has 82 valence electrons. The van der Waals surface area contributed by atoms with Crippen LogP contribution < -0.4 is 5.32 Å². The normalized spacial score (nSPS) is 14.6. The Morgan fingerprint density at radius 3 is 2.67 bits per heavy atom.